The van der Waals surface area contributed by atoms with E-state index in [9.17, 15) is 9.59 Å². The molecule has 0 N–H and O–H groups in total. The van der Waals surface area contributed by atoms with E-state index >= 15 is 0 Å². The molecule has 4 nitrogen and oxygen atoms in total. The van der Waals surface area contributed by atoms with Gasteiger partial charge in [-0.15, -0.1) is 0 Å². The Bertz CT molecular complexity index is 319. The molecule has 3 unspecified atom stereocenters. The van der Waals surface area contributed by atoms with Gasteiger partial charge in [0.05, 0.1) is 0 Å². The second-order valence-corrected chi connectivity index (χ2v) is 3.26. The zero-order valence-electron chi connectivity index (χ0n) is 6.15. The summed E-state index contributed by atoms with van der Waals surface area (Å²) in [5.41, 5.74) is -0.911. The fourth-order valence-corrected chi connectivity index (χ4v) is 1.97. The molecule has 0 bridgehead atoms. The van der Waals surface area contributed by atoms with Crippen LogP contribution in [0.15, 0.2) is 12.2 Å². The van der Waals surface area contributed by atoms with E-state index in [1.165, 1.54) is 0 Å². The first-order valence-corrected chi connectivity index (χ1v) is 3.86. The van der Waals surface area contributed by atoms with Crippen LogP contribution in [0.4, 0.5) is 0 Å². The van der Waals surface area contributed by atoms with Crippen molar-refractivity contribution in [2.45, 2.75) is 18.1 Å². The monoisotopic (exact) mass is 166 g/mol. The van der Waals surface area contributed by atoms with E-state index in [1.807, 2.05) is 12.2 Å². The van der Waals surface area contributed by atoms with Gasteiger partial charge in [-0.2, -0.15) is 0 Å². The van der Waals surface area contributed by atoms with Crippen LogP contribution in [0.25, 0.3) is 0 Å². The molecule has 1 spiro atoms. The lowest BCUT2D eigenvalue weighted by atomic mass is 9.85. The van der Waals surface area contributed by atoms with Gasteiger partial charge in [-0.3, -0.25) is 4.79 Å². The highest BCUT2D eigenvalue weighted by Crippen LogP contribution is 2.52. The average molecular weight is 166 g/mol. The Labute approximate surface area is 68.1 Å². The number of epoxide rings is 1. The van der Waals surface area contributed by atoms with E-state index < -0.39 is 17.5 Å². The predicted octanol–water partition coefficient (Wildman–Crippen LogP) is -0.217. The molecule has 0 amide bonds. The van der Waals surface area contributed by atoms with E-state index in [0.717, 1.165) is 0 Å². The van der Waals surface area contributed by atoms with Crippen LogP contribution in [-0.2, 0) is 19.1 Å². The Morgan fingerprint density at radius 3 is 3.08 bits per heavy atom. The summed E-state index contributed by atoms with van der Waals surface area (Å²) in [4.78, 5) is 22.3. The van der Waals surface area contributed by atoms with Crippen molar-refractivity contribution in [3.8, 4) is 0 Å². The van der Waals surface area contributed by atoms with E-state index in [2.05, 4.69) is 4.74 Å². The lowest BCUT2D eigenvalue weighted by Gasteiger charge is -2.08. The molecule has 2 fully saturated rings. The van der Waals surface area contributed by atoms with Gasteiger partial charge < -0.3 is 9.47 Å². The van der Waals surface area contributed by atoms with Crippen LogP contribution in [0.2, 0.25) is 0 Å². The number of cyclic esters (lactones) is 2. The molecule has 0 aromatic heterocycles. The van der Waals surface area contributed by atoms with Crippen LogP contribution in [0.1, 0.15) is 6.42 Å². The van der Waals surface area contributed by atoms with Crippen molar-refractivity contribution in [3.63, 3.8) is 0 Å². The number of hydrogen-bond acceptors (Lipinski definition) is 4. The number of ether oxygens (including phenoxy) is 2. The van der Waals surface area contributed by atoms with Gasteiger partial charge in [0.2, 0.25) is 5.60 Å². The summed E-state index contributed by atoms with van der Waals surface area (Å²) in [6.45, 7) is 0. The number of carbonyl (C=O) groups excluding carboxylic acids is 2. The van der Waals surface area contributed by atoms with E-state index in [1.54, 1.807) is 0 Å². The topological polar surface area (TPSA) is 55.9 Å². The molecule has 3 atom stereocenters. The van der Waals surface area contributed by atoms with Gasteiger partial charge in [0.25, 0.3) is 0 Å². The minimum Gasteiger partial charge on any atom is -0.391 e. The van der Waals surface area contributed by atoms with Crippen LogP contribution in [0.5, 0.6) is 0 Å². The molecular weight excluding hydrogens is 160 g/mol. The normalized spacial score (nSPS) is 48.3. The Kier molecular flexibility index (Phi) is 0.855. The third-order valence-corrected chi connectivity index (χ3v) is 2.68. The number of allylic oxidation sites excluding steroid dienone is 1. The molecule has 2 saturated heterocycles. The van der Waals surface area contributed by atoms with Gasteiger partial charge in [-0.1, -0.05) is 12.2 Å². The minimum absolute atomic E-state index is 0.213. The fraction of sp³-hybridized carbons (Fsp3) is 0.500. The zero-order chi connectivity index (χ0) is 8.34. The maximum Gasteiger partial charge on any atom is 0.350 e. The summed E-state index contributed by atoms with van der Waals surface area (Å²) in [5.74, 6) is -1.33. The molecule has 0 saturated carbocycles. The van der Waals surface area contributed by atoms with Gasteiger partial charge in [0, 0.05) is 0 Å². The van der Waals surface area contributed by atoms with Crippen LogP contribution in [0.3, 0.4) is 0 Å². The quantitative estimate of drug-likeness (QED) is 0.216. The molecule has 0 radical (unpaired) electrons. The van der Waals surface area contributed by atoms with Crippen molar-refractivity contribution in [1.82, 2.24) is 0 Å². The van der Waals surface area contributed by atoms with Crippen molar-refractivity contribution in [3.05, 3.63) is 12.2 Å². The zero-order valence-corrected chi connectivity index (χ0v) is 6.15. The average Bonchev–Trinajstić information content (AvgIpc) is 2.72. The Morgan fingerprint density at radius 1 is 1.50 bits per heavy atom. The molecule has 0 aromatic rings. The molecule has 3 rings (SSSR count). The molecule has 2 aliphatic heterocycles. The molecular formula is C8H6O4. The molecule has 3 aliphatic rings. The van der Waals surface area contributed by atoms with Gasteiger partial charge >= 0.3 is 11.9 Å². The first-order valence-electron chi connectivity index (χ1n) is 3.86. The highest BCUT2D eigenvalue weighted by Gasteiger charge is 2.74. The molecule has 1 aliphatic carbocycles. The van der Waals surface area contributed by atoms with Gasteiger partial charge in [-0.25, -0.2) is 4.79 Å². The molecule has 0 aromatic carbocycles. The van der Waals surface area contributed by atoms with E-state index in [-0.39, 0.29) is 12.0 Å². The molecule has 4 heteroatoms. The third-order valence-electron chi connectivity index (χ3n) is 2.68. The summed E-state index contributed by atoms with van der Waals surface area (Å²) in [5, 5.41) is 0. The number of carbonyl (C=O) groups is 2. The summed E-state index contributed by atoms with van der Waals surface area (Å²) >= 11 is 0. The standard InChI is InChI=1S/C8H6O4/c9-6-4-2-1-3-5-8(4,12-5)7(10)11-6/h1,3-5H,2H2. The summed E-state index contributed by atoms with van der Waals surface area (Å²) < 4.78 is 9.70. The Hall–Kier alpha value is -1.16. The summed E-state index contributed by atoms with van der Waals surface area (Å²) in [7, 11) is 0. The minimum atomic E-state index is -0.911. The Balaban J connectivity index is 2.11. The lowest BCUT2D eigenvalue weighted by Crippen LogP contribution is -2.31. The highest BCUT2D eigenvalue weighted by molar-refractivity contribution is 6.04. The van der Waals surface area contributed by atoms with Crippen LogP contribution < -0.4 is 0 Å². The van der Waals surface area contributed by atoms with Crippen molar-refractivity contribution >= 4 is 11.9 Å². The van der Waals surface area contributed by atoms with Gasteiger partial charge in [0.15, 0.2) is 0 Å². The third kappa shape index (κ3) is 0.474. The fourth-order valence-electron chi connectivity index (χ4n) is 1.97. The number of rotatable bonds is 0. The van der Waals surface area contributed by atoms with Crippen LogP contribution >= 0.6 is 0 Å². The van der Waals surface area contributed by atoms with Crippen molar-refractivity contribution in [1.29, 1.82) is 0 Å². The Morgan fingerprint density at radius 2 is 2.33 bits per heavy atom. The van der Waals surface area contributed by atoms with Crippen molar-refractivity contribution in [2.75, 3.05) is 0 Å². The van der Waals surface area contributed by atoms with Gasteiger partial charge in [0.1, 0.15) is 12.0 Å². The highest BCUT2D eigenvalue weighted by atomic mass is 16.7. The van der Waals surface area contributed by atoms with E-state index in [0.29, 0.717) is 6.42 Å². The number of esters is 2. The largest absolute Gasteiger partial charge is 0.391 e. The maximum atomic E-state index is 11.2. The summed E-state index contributed by atoms with van der Waals surface area (Å²) in [6.07, 6.45) is 4.02. The summed E-state index contributed by atoms with van der Waals surface area (Å²) in [6, 6.07) is 0. The molecule has 62 valence electrons. The maximum absolute atomic E-state index is 11.2. The molecule has 12 heavy (non-hydrogen) atoms. The first-order chi connectivity index (χ1) is 5.75. The SMILES string of the molecule is O=C1OC(=O)C23OC2C=CCC13. The number of hydrogen-bond donors (Lipinski definition) is 0. The van der Waals surface area contributed by atoms with Crippen molar-refractivity contribution in [2.24, 2.45) is 5.92 Å². The lowest BCUT2D eigenvalue weighted by molar-refractivity contribution is -0.154. The first kappa shape index (κ1) is 6.37. The predicted molar refractivity (Wildman–Crippen MR) is 36.0 cm³/mol. The van der Waals surface area contributed by atoms with Crippen LogP contribution in [0, 0.1) is 5.92 Å². The smallest absolute Gasteiger partial charge is 0.350 e. The second-order valence-electron chi connectivity index (χ2n) is 3.26. The van der Waals surface area contributed by atoms with Gasteiger partial charge in [-0.05, 0) is 6.42 Å². The van der Waals surface area contributed by atoms with E-state index in [4.69, 9.17) is 4.74 Å². The molecule has 2 heterocycles. The van der Waals surface area contributed by atoms with Crippen LogP contribution in [-0.4, -0.2) is 23.6 Å². The second kappa shape index (κ2) is 1.61. The van der Waals surface area contributed by atoms with Crippen molar-refractivity contribution < 1.29 is 19.1 Å².